The molecule has 0 aliphatic heterocycles. The molecule has 112 valence electrons. The first kappa shape index (κ1) is 16.6. The van der Waals surface area contributed by atoms with Gasteiger partial charge in [-0.1, -0.05) is 26.3 Å². The van der Waals surface area contributed by atoms with E-state index >= 15 is 0 Å². The molecule has 0 saturated heterocycles. The Morgan fingerprint density at radius 3 is 2.50 bits per heavy atom. The molecule has 0 fully saturated rings. The van der Waals surface area contributed by atoms with Crippen LogP contribution in [0.2, 0.25) is 0 Å². The second-order valence-electron chi connectivity index (χ2n) is 4.93. The molecule has 1 aromatic rings. The number of hydrogen-bond acceptors (Lipinski definition) is 4. The topological polar surface area (TPSA) is 115 Å². The number of carbonyl (C=O) groups excluding carboxylic acids is 1. The summed E-state index contributed by atoms with van der Waals surface area (Å²) >= 11 is 0. The molecule has 0 unspecified atom stereocenters. The summed E-state index contributed by atoms with van der Waals surface area (Å²) in [6.45, 7) is 5.47. The quantitative estimate of drug-likeness (QED) is 0.750. The van der Waals surface area contributed by atoms with E-state index in [0.717, 1.165) is 6.42 Å². The van der Waals surface area contributed by atoms with Crippen molar-refractivity contribution >= 4 is 21.6 Å². The molecule has 2 atom stereocenters. The maximum atomic E-state index is 11.9. The summed E-state index contributed by atoms with van der Waals surface area (Å²) in [6, 6.07) is 3.90. The maximum absolute atomic E-state index is 11.9. The van der Waals surface area contributed by atoms with Crippen molar-refractivity contribution < 1.29 is 13.2 Å². The van der Waals surface area contributed by atoms with Crippen LogP contribution in [-0.2, 0) is 14.8 Å². The highest BCUT2D eigenvalue weighted by Crippen LogP contribution is 2.19. The predicted octanol–water partition coefficient (Wildman–Crippen LogP) is 0.954. The number of anilines is 1. The number of primary sulfonamides is 1. The third-order valence-corrected chi connectivity index (χ3v) is 4.37. The summed E-state index contributed by atoms with van der Waals surface area (Å²) < 4.78 is 22.8. The average molecular weight is 299 g/mol. The van der Waals surface area contributed by atoms with Gasteiger partial charge >= 0.3 is 0 Å². The number of carbonyl (C=O) groups is 1. The van der Waals surface area contributed by atoms with Crippen molar-refractivity contribution in [2.75, 3.05) is 5.32 Å². The highest BCUT2D eigenvalue weighted by molar-refractivity contribution is 7.89. The second kappa shape index (κ2) is 6.34. The van der Waals surface area contributed by atoms with Crippen LogP contribution in [0.5, 0.6) is 0 Å². The number of nitrogens with one attached hydrogen (secondary N) is 1. The minimum Gasteiger partial charge on any atom is -0.325 e. The second-order valence-corrected chi connectivity index (χ2v) is 6.46. The van der Waals surface area contributed by atoms with Crippen LogP contribution >= 0.6 is 0 Å². The Morgan fingerprint density at radius 1 is 1.40 bits per heavy atom. The minimum atomic E-state index is -3.82. The Bertz CT molecular complexity index is 599. The van der Waals surface area contributed by atoms with E-state index in [2.05, 4.69) is 5.32 Å². The van der Waals surface area contributed by atoms with E-state index in [1.807, 2.05) is 13.8 Å². The van der Waals surface area contributed by atoms with E-state index in [4.69, 9.17) is 10.9 Å². The first-order valence-electron chi connectivity index (χ1n) is 6.36. The fourth-order valence-electron chi connectivity index (χ4n) is 1.72. The van der Waals surface area contributed by atoms with Gasteiger partial charge in [0.25, 0.3) is 0 Å². The van der Waals surface area contributed by atoms with Gasteiger partial charge in [0.05, 0.1) is 10.9 Å². The lowest BCUT2D eigenvalue weighted by atomic mass is 9.99. The van der Waals surface area contributed by atoms with Gasteiger partial charge in [0.2, 0.25) is 15.9 Å². The van der Waals surface area contributed by atoms with Crippen molar-refractivity contribution in [1.82, 2.24) is 0 Å². The standard InChI is InChI=1S/C13H21N3O3S/c1-4-8(2)12(14)13(17)16-10-6-5-9(3)11(7-10)20(15,18)19/h5-8,12H,4,14H2,1-3H3,(H,16,17)(H2,15,18,19)/t8-,12-/m0/s1. The molecule has 1 aromatic carbocycles. The Morgan fingerprint density at radius 2 is 2.00 bits per heavy atom. The molecule has 0 radical (unpaired) electrons. The predicted molar refractivity (Wildman–Crippen MR) is 78.6 cm³/mol. The SMILES string of the molecule is CC[C@H](C)[C@H](N)C(=O)Nc1ccc(C)c(S(N)(=O)=O)c1. The molecule has 0 aliphatic carbocycles. The normalized spacial score (nSPS) is 14.7. The fourth-order valence-corrected chi connectivity index (χ4v) is 2.53. The van der Waals surface area contributed by atoms with E-state index in [9.17, 15) is 13.2 Å². The highest BCUT2D eigenvalue weighted by Gasteiger charge is 2.20. The van der Waals surface area contributed by atoms with Gasteiger partial charge in [-0.05, 0) is 30.5 Å². The molecule has 20 heavy (non-hydrogen) atoms. The van der Waals surface area contributed by atoms with E-state index in [-0.39, 0.29) is 16.7 Å². The first-order chi connectivity index (χ1) is 9.16. The van der Waals surface area contributed by atoms with Gasteiger partial charge in [-0.15, -0.1) is 0 Å². The lowest BCUT2D eigenvalue weighted by Crippen LogP contribution is -2.40. The van der Waals surface area contributed by atoms with E-state index in [0.29, 0.717) is 11.3 Å². The number of nitrogens with two attached hydrogens (primary N) is 2. The van der Waals surface area contributed by atoms with Gasteiger partial charge in [0, 0.05) is 5.69 Å². The maximum Gasteiger partial charge on any atom is 0.241 e. The van der Waals surface area contributed by atoms with Crippen LogP contribution < -0.4 is 16.2 Å². The van der Waals surface area contributed by atoms with Crippen LogP contribution in [0.15, 0.2) is 23.1 Å². The molecule has 1 rings (SSSR count). The van der Waals surface area contributed by atoms with Crippen molar-refractivity contribution in [3.63, 3.8) is 0 Å². The van der Waals surface area contributed by atoms with E-state index < -0.39 is 16.1 Å². The number of hydrogen-bond donors (Lipinski definition) is 3. The van der Waals surface area contributed by atoms with Gasteiger partial charge in [-0.2, -0.15) is 0 Å². The van der Waals surface area contributed by atoms with Crippen molar-refractivity contribution in [2.45, 2.75) is 38.1 Å². The van der Waals surface area contributed by atoms with Crippen molar-refractivity contribution in [3.8, 4) is 0 Å². The monoisotopic (exact) mass is 299 g/mol. The Labute approximate surface area is 119 Å². The summed E-state index contributed by atoms with van der Waals surface area (Å²) in [5.41, 5.74) is 6.71. The number of benzene rings is 1. The molecule has 7 heteroatoms. The highest BCUT2D eigenvalue weighted by atomic mass is 32.2. The van der Waals surface area contributed by atoms with Crippen LogP contribution in [-0.4, -0.2) is 20.4 Å². The molecule has 6 nitrogen and oxygen atoms in total. The summed E-state index contributed by atoms with van der Waals surface area (Å²) in [5.74, 6) is -0.304. The first-order valence-corrected chi connectivity index (χ1v) is 7.91. The van der Waals surface area contributed by atoms with Gasteiger partial charge < -0.3 is 11.1 Å². The van der Waals surface area contributed by atoms with Gasteiger partial charge in [0.15, 0.2) is 0 Å². The van der Waals surface area contributed by atoms with E-state index in [1.165, 1.54) is 6.07 Å². The molecular weight excluding hydrogens is 278 g/mol. The van der Waals surface area contributed by atoms with Crippen molar-refractivity contribution in [3.05, 3.63) is 23.8 Å². The number of amides is 1. The third kappa shape index (κ3) is 4.03. The molecule has 0 bridgehead atoms. The van der Waals surface area contributed by atoms with Crippen LogP contribution in [0.4, 0.5) is 5.69 Å². The smallest absolute Gasteiger partial charge is 0.241 e. The number of rotatable bonds is 5. The van der Waals surface area contributed by atoms with Gasteiger partial charge in [-0.3, -0.25) is 4.79 Å². The summed E-state index contributed by atoms with van der Waals surface area (Å²) in [4.78, 5) is 11.9. The van der Waals surface area contributed by atoms with Crippen LogP contribution in [0.25, 0.3) is 0 Å². The largest absolute Gasteiger partial charge is 0.325 e. The lowest BCUT2D eigenvalue weighted by Gasteiger charge is -2.18. The molecule has 0 spiro atoms. The molecule has 0 heterocycles. The third-order valence-electron chi connectivity index (χ3n) is 3.32. The summed E-state index contributed by atoms with van der Waals surface area (Å²) in [6.07, 6.45) is 0.783. The lowest BCUT2D eigenvalue weighted by molar-refractivity contribution is -0.118. The zero-order valence-electron chi connectivity index (χ0n) is 11.9. The molecule has 0 aliphatic rings. The van der Waals surface area contributed by atoms with Crippen LogP contribution in [0, 0.1) is 12.8 Å². The van der Waals surface area contributed by atoms with Crippen LogP contribution in [0.1, 0.15) is 25.8 Å². The summed E-state index contributed by atoms with van der Waals surface area (Å²) in [5, 5.41) is 7.73. The minimum absolute atomic E-state index is 0.00703. The zero-order valence-corrected chi connectivity index (χ0v) is 12.7. The molecular formula is C13H21N3O3S. The Hall–Kier alpha value is -1.44. The molecule has 5 N–H and O–H groups in total. The average Bonchev–Trinajstić information content (AvgIpc) is 2.37. The van der Waals surface area contributed by atoms with Gasteiger partial charge in [-0.25, -0.2) is 13.6 Å². The molecule has 1 amide bonds. The van der Waals surface area contributed by atoms with Gasteiger partial charge in [0.1, 0.15) is 0 Å². The fraction of sp³-hybridized carbons (Fsp3) is 0.462. The number of aryl methyl sites for hydroxylation is 1. The molecule has 0 aromatic heterocycles. The zero-order chi connectivity index (χ0) is 15.5. The Kier molecular flexibility index (Phi) is 5.27. The number of sulfonamides is 1. The summed E-state index contributed by atoms with van der Waals surface area (Å²) in [7, 11) is -3.82. The Balaban J connectivity index is 2.98. The van der Waals surface area contributed by atoms with Crippen molar-refractivity contribution in [1.29, 1.82) is 0 Å². The van der Waals surface area contributed by atoms with Crippen LogP contribution in [0.3, 0.4) is 0 Å². The molecule has 0 saturated carbocycles. The van der Waals surface area contributed by atoms with Crippen molar-refractivity contribution in [2.24, 2.45) is 16.8 Å². The van der Waals surface area contributed by atoms with E-state index in [1.54, 1.807) is 19.1 Å².